The van der Waals surface area contributed by atoms with Crippen LogP contribution in [0.4, 0.5) is 0 Å². The molecular formula is C15H28N4. The van der Waals surface area contributed by atoms with E-state index in [1.807, 2.05) is 6.20 Å². The highest BCUT2D eigenvalue weighted by molar-refractivity contribution is 4.94. The van der Waals surface area contributed by atoms with Gasteiger partial charge in [-0.05, 0) is 27.2 Å². The standard InChI is InChI=1S/C15H28N4/c1-5-7-18-8-6-16-15(18)12-17-9-10-19(13(2)3)14(4)11-17/h6,8,13-14H,5,7,9-12H2,1-4H3. The molecule has 0 amide bonds. The molecule has 1 saturated heterocycles. The Labute approximate surface area is 117 Å². The smallest absolute Gasteiger partial charge is 0.122 e. The fraction of sp³-hybridized carbons (Fsp3) is 0.800. The summed E-state index contributed by atoms with van der Waals surface area (Å²) in [6.45, 7) is 14.7. The molecule has 0 aliphatic carbocycles. The van der Waals surface area contributed by atoms with Crippen molar-refractivity contribution in [3.63, 3.8) is 0 Å². The minimum atomic E-state index is 0.642. The molecule has 1 aromatic heterocycles. The van der Waals surface area contributed by atoms with Gasteiger partial charge in [0.25, 0.3) is 0 Å². The Balaban J connectivity index is 1.92. The molecule has 0 N–H and O–H groups in total. The van der Waals surface area contributed by atoms with Crippen LogP contribution in [-0.4, -0.2) is 51.1 Å². The number of piperazine rings is 1. The van der Waals surface area contributed by atoms with E-state index in [9.17, 15) is 0 Å². The summed E-state index contributed by atoms with van der Waals surface area (Å²) < 4.78 is 2.29. The molecule has 4 heteroatoms. The van der Waals surface area contributed by atoms with Crippen LogP contribution < -0.4 is 0 Å². The van der Waals surface area contributed by atoms with Crippen LogP contribution in [0.15, 0.2) is 12.4 Å². The third-order valence-electron chi connectivity index (χ3n) is 4.06. The maximum absolute atomic E-state index is 4.52. The molecule has 2 heterocycles. The molecule has 1 unspecified atom stereocenters. The zero-order chi connectivity index (χ0) is 13.8. The van der Waals surface area contributed by atoms with Crippen LogP contribution in [0.1, 0.15) is 39.9 Å². The van der Waals surface area contributed by atoms with Crippen molar-refractivity contribution in [2.24, 2.45) is 0 Å². The molecule has 0 bridgehead atoms. The van der Waals surface area contributed by atoms with E-state index in [4.69, 9.17) is 0 Å². The van der Waals surface area contributed by atoms with Gasteiger partial charge in [0.1, 0.15) is 5.82 Å². The molecular weight excluding hydrogens is 236 g/mol. The summed E-state index contributed by atoms with van der Waals surface area (Å²) in [7, 11) is 0. The Kier molecular flexibility index (Phi) is 4.99. The number of aryl methyl sites for hydroxylation is 1. The lowest BCUT2D eigenvalue weighted by molar-refractivity contribution is 0.0546. The first kappa shape index (κ1) is 14.5. The van der Waals surface area contributed by atoms with Crippen molar-refractivity contribution in [1.29, 1.82) is 0 Å². The van der Waals surface area contributed by atoms with Crippen LogP contribution in [0.3, 0.4) is 0 Å². The zero-order valence-electron chi connectivity index (χ0n) is 12.8. The summed E-state index contributed by atoms with van der Waals surface area (Å²) in [4.78, 5) is 9.65. The van der Waals surface area contributed by atoms with Crippen molar-refractivity contribution < 1.29 is 0 Å². The van der Waals surface area contributed by atoms with Crippen LogP contribution in [0.5, 0.6) is 0 Å². The van der Waals surface area contributed by atoms with E-state index >= 15 is 0 Å². The van der Waals surface area contributed by atoms with Gasteiger partial charge in [0.2, 0.25) is 0 Å². The Morgan fingerprint density at radius 3 is 2.79 bits per heavy atom. The van der Waals surface area contributed by atoms with E-state index in [-0.39, 0.29) is 0 Å². The highest BCUT2D eigenvalue weighted by Crippen LogP contribution is 2.15. The lowest BCUT2D eigenvalue weighted by Gasteiger charge is -2.42. The molecule has 1 aliphatic heterocycles. The molecule has 1 aliphatic rings. The molecule has 0 spiro atoms. The molecule has 0 aromatic carbocycles. The predicted octanol–water partition coefficient (Wildman–Crippen LogP) is 2.21. The monoisotopic (exact) mass is 264 g/mol. The zero-order valence-corrected chi connectivity index (χ0v) is 12.8. The molecule has 2 rings (SSSR count). The van der Waals surface area contributed by atoms with E-state index in [1.165, 1.54) is 18.8 Å². The van der Waals surface area contributed by atoms with Crippen LogP contribution in [0.2, 0.25) is 0 Å². The summed E-state index contributed by atoms with van der Waals surface area (Å²) in [5, 5.41) is 0. The van der Waals surface area contributed by atoms with Crippen molar-refractivity contribution in [2.45, 2.75) is 59.3 Å². The van der Waals surface area contributed by atoms with Crippen molar-refractivity contribution in [1.82, 2.24) is 19.4 Å². The second kappa shape index (κ2) is 6.53. The van der Waals surface area contributed by atoms with E-state index in [2.05, 4.69) is 53.2 Å². The van der Waals surface area contributed by atoms with Gasteiger partial charge in [0, 0.05) is 50.7 Å². The summed E-state index contributed by atoms with van der Waals surface area (Å²) in [5.41, 5.74) is 0. The fourth-order valence-electron chi connectivity index (χ4n) is 3.09. The van der Waals surface area contributed by atoms with Crippen molar-refractivity contribution >= 4 is 0 Å². The molecule has 19 heavy (non-hydrogen) atoms. The van der Waals surface area contributed by atoms with Gasteiger partial charge in [0.05, 0.1) is 6.54 Å². The van der Waals surface area contributed by atoms with Crippen molar-refractivity contribution in [3.8, 4) is 0 Å². The third kappa shape index (κ3) is 3.57. The molecule has 108 valence electrons. The lowest BCUT2D eigenvalue weighted by Crippen LogP contribution is -2.53. The first-order chi connectivity index (χ1) is 9.11. The minimum absolute atomic E-state index is 0.642. The number of nitrogens with zero attached hydrogens (tertiary/aromatic N) is 4. The summed E-state index contributed by atoms with van der Waals surface area (Å²) in [6, 6.07) is 1.29. The second-order valence-electron chi connectivity index (χ2n) is 5.95. The van der Waals surface area contributed by atoms with Crippen LogP contribution >= 0.6 is 0 Å². The molecule has 0 radical (unpaired) electrons. The Morgan fingerprint density at radius 1 is 1.37 bits per heavy atom. The first-order valence-electron chi connectivity index (χ1n) is 7.60. The van der Waals surface area contributed by atoms with Gasteiger partial charge >= 0.3 is 0 Å². The van der Waals surface area contributed by atoms with Crippen LogP contribution in [0, 0.1) is 0 Å². The van der Waals surface area contributed by atoms with Gasteiger partial charge in [-0.1, -0.05) is 6.92 Å². The van der Waals surface area contributed by atoms with Crippen molar-refractivity contribution in [2.75, 3.05) is 19.6 Å². The van der Waals surface area contributed by atoms with Crippen LogP contribution in [-0.2, 0) is 13.1 Å². The quantitative estimate of drug-likeness (QED) is 0.815. The summed E-state index contributed by atoms with van der Waals surface area (Å²) >= 11 is 0. The van der Waals surface area contributed by atoms with Crippen LogP contribution in [0.25, 0.3) is 0 Å². The predicted molar refractivity (Wildman–Crippen MR) is 79.1 cm³/mol. The summed E-state index contributed by atoms with van der Waals surface area (Å²) in [6.07, 6.45) is 5.20. The van der Waals surface area contributed by atoms with Crippen molar-refractivity contribution in [3.05, 3.63) is 18.2 Å². The van der Waals surface area contributed by atoms with Gasteiger partial charge in [-0.2, -0.15) is 0 Å². The Hall–Kier alpha value is -0.870. The van der Waals surface area contributed by atoms with E-state index in [0.29, 0.717) is 12.1 Å². The maximum atomic E-state index is 4.52. The average molecular weight is 264 g/mol. The molecule has 0 saturated carbocycles. The molecule has 4 nitrogen and oxygen atoms in total. The van der Waals surface area contributed by atoms with Gasteiger partial charge in [-0.25, -0.2) is 4.98 Å². The molecule has 1 aromatic rings. The van der Waals surface area contributed by atoms with Gasteiger partial charge < -0.3 is 4.57 Å². The number of rotatable bonds is 5. The van der Waals surface area contributed by atoms with E-state index in [1.54, 1.807) is 0 Å². The topological polar surface area (TPSA) is 24.3 Å². The number of hydrogen-bond acceptors (Lipinski definition) is 3. The first-order valence-corrected chi connectivity index (χ1v) is 7.60. The number of hydrogen-bond donors (Lipinski definition) is 0. The maximum Gasteiger partial charge on any atom is 0.122 e. The Morgan fingerprint density at radius 2 is 2.16 bits per heavy atom. The highest BCUT2D eigenvalue weighted by Gasteiger charge is 2.25. The SMILES string of the molecule is CCCn1ccnc1CN1CCN(C(C)C)C(C)C1. The average Bonchev–Trinajstić information content (AvgIpc) is 2.77. The number of aromatic nitrogens is 2. The second-order valence-corrected chi connectivity index (χ2v) is 5.95. The van der Waals surface area contributed by atoms with E-state index < -0.39 is 0 Å². The fourth-order valence-corrected chi connectivity index (χ4v) is 3.09. The molecule has 1 atom stereocenters. The number of imidazole rings is 1. The molecule has 1 fully saturated rings. The minimum Gasteiger partial charge on any atom is -0.334 e. The van der Waals surface area contributed by atoms with Gasteiger partial charge in [-0.15, -0.1) is 0 Å². The normalized spacial score (nSPS) is 22.3. The van der Waals surface area contributed by atoms with Gasteiger partial charge in [0.15, 0.2) is 0 Å². The Bertz CT molecular complexity index is 385. The van der Waals surface area contributed by atoms with Gasteiger partial charge in [-0.3, -0.25) is 9.80 Å². The third-order valence-corrected chi connectivity index (χ3v) is 4.06. The summed E-state index contributed by atoms with van der Waals surface area (Å²) in [5.74, 6) is 1.21. The largest absolute Gasteiger partial charge is 0.334 e. The lowest BCUT2D eigenvalue weighted by atomic mass is 10.1. The van der Waals surface area contributed by atoms with E-state index in [0.717, 1.165) is 26.2 Å². The highest BCUT2D eigenvalue weighted by atomic mass is 15.3.